The summed E-state index contributed by atoms with van der Waals surface area (Å²) >= 11 is 6.17. The molecule has 2 aromatic carbocycles. The number of aromatic nitrogens is 4. The Morgan fingerprint density at radius 1 is 1.08 bits per heavy atom. The molecule has 2 aromatic heterocycles. The van der Waals surface area contributed by atoms with E-state index in [4.69, 9.17) is 27.1 Å². The lowest BCUT2D eigenvalue weighted by Crippen LogP contribution is -2.33. The lowest BCUT2D eigenvalue weighted by atomic mass is 9.92. The van der Waals surface area contributed by atoms with E-state index in [9.17, 15) is 4.21 Å². The standard InChI is InChI=1S/C27H30ClN7O2S/c1-3-16-12-17(13-18-14-30-26(33-24(16)18)32-20-10-8-19(29)9-11-20)21-15-31-27(34-25(21)37-2)35-38(36)23-7-5-4-6-22(23)28/h4-7,12-15,19-20H,3,8-11,29H2,1-2H3,(H,30,32,33)(H,31,34,35). The fourth-order valence-electron chi connectivity index (χ4n) is 4.66. The molecule has 198 valence electrons. The summed E-state index contributed by atoms with van der Waals surface area (Å²) < 4.78 is 21.1. The minimum absolute atomic E-state index is 0.170. The fourth-order valence-corrected chi connectivity index (χ4v) is 5.83. The van der Waals surface area contributed by atoms with Crippen molar-refractivity contribution in [2.45, 2.75) is 56.0 Å². The van der Waals surface area contributed by atoms with Gasteiger partial charge in [-0.2, -0.15) is 4.98 Å². The van der Waals surface area contributed by atoms with Crippen LogP contribution in [0.5, 0.6) is 5.88 Å². The monoisotopic (exact) mass is 551 g/mol. The molecule has 4 N–H and O–H groups in total. The third-order valence-corrected chi connectivity index (χ3v) is 8.29. The van der Waals surface area contributed by atoms with Gasteiger partial charge in [-0.05, 0) is 67.5 Å². The smallest absolute Gasteiger partial charge is 0.238 e. The third-order valence-electron chi connectivity index (χ3n) is 6.73. The number of nitrogens with two attached hydrogens (primary N) is 1. The minimum atomic E-state index is -1.63. The van der Waals surface area contributed by atoms with Gasteiger partial charge in [-0.15, -0.1) is 0 Å². The third kappa shape index (κ3) is 5.72. The van der Waals surface area contributed by atoms with Crippen molar-refractivity contribution in [3.63, 3.8) is 0 Å². The minimum Gasteiger partial charge on any atom is -0.480 e. The fraction of sp³-hybridized carbons (Fsp3) is 0.333. The van der Waals surface area contributed by atoms with Crippen molar-refractivity contribution in [3.8, 4) is 17.0 Å². The van der Waals surface area contributed by atoms with Crippen molar-refractivity contribution in [3.05, 3.63) is 59.4 Å². The molecular formula is C27H30ClN7O2S. The zero-order valence-electron chi connectivity index (χ0n) is 21.3. The summed E-state index contributed by atoms with van der Waals surface area (Å²) in [7, 11) is -0.0862. The highest BCUT2D eigenvalue weighted by Gasteiger charge is 2.20. The van der Waals surface area contributed by atoms with Gasteiger partial charge in [-0.3, -0.25) is 4.72 Å². The van der Waals surface area contributed by atoms with Gasteiger partial charge in [0.05, 0.1) is 28.1 Å². The van der Waals surface area contributed by atoms with Crippen LogP contribution in [0.2, 0.25) is 5.02 Å². The van der Waals surface area contributed by atoms with E-state index in [2.05, 4.69) is 38.0 Å². The Bertz CT molecular complexity index is 1480. The molecule has 0 saturated heterocycles. The number of hydrogen-bond donors (Lipinski definition) is 3. The van der Waals surface area contributed by atoms with Crippen LogP contribution in [0.25, 0.3) is 22.0 Å². The Kier molecular flexibility index (Phi) is 8.01. The first kappa shape index (κ1) is 26.3. The van der Waals surface area contributed by atoms with Crippen molar-refractivity contribution in [2.24, 2.45) is 5.73 Å². The molecule has 1 aliphatic rings. The molecule has 5 rings (SSSR count). The van der Waals surface area contributed by atoms with Crippen LogP contribution in [0.15, 0.2) is 53.7 Å². The number of aryl methyl sites for hydroxylation is 1. The van der Waals surface area contributed by atoms with E-state index in [0.717, 1.165) is 54.1 Å². The van der Waals surface area contributed by atoms with Crippen molar-refractivity contribution < 1.29 is 8.95 Å². The van der Waals surface area contributed by atoms with E-state index in [0.29, 0.717) is 39.4 Å². The van der Waals surface area contributed by atoms with E-state index in [1.165, 1.54) is 0 Å². The van der Waals surface area contributed by atoms with Crippen LogP contribution in [-0.2, 0) is 17.4 Å². The van der Waals surface area contributed by atoms with E-state index in [1.54, 1.807) is 37.6 Å². The molecule has 0 spiro atoms. The Morgan fingerprint density at radius 3 is 2.58 bits per heavy atom. The zero-order chi connectivity index (χ0) is 26.6. The van der Waals surface area contributed by atoms with E-state index in [-0.39, 0.29) is 5.95 Å². The molecule has 1 saturated carbocycles. The van der Waals surface area contributed by atoms with Crippen molar-refractivity contribution in [2.75, 3.05) is 17.1 Å². The van der Waals surface area contributed by atoms with Gasteiger partial charge in [-0.25, -0.2) is 19.2 Å². The summed E-state index contributed by atoms with van der Waals surface area (Å²) in [6.07, 6.45) is 8.38. The van der Waals surface area contributed by atoms with Crippen molar-refractivity contribution in [1.29, 1.82) is 0 Å². The zero-order valence-corrected chi connectivity index (χ0v) is 22.9. The number of nitrogens with one attached hydrogen (secondary N) is 2. The molecule has 9 nitrogen and oxygen atoms in total. The average molecular weight is 552 g/mol. The number of benzene rings is 2. The second-order valence-electron chi connectivity index (χ2n) is 9.29. The number of ether oxygens (including phenoxy) is 1. The number of anilines is 2. The summed E-state index contributed by atoms with van der Waals surface area (Å²) in [6.45, 7) is 2.10. The van der Waals surface area contributed by atoms with Gasteiger partial charge in [0.15, 0.2) is 11.0 Å². The first-order valence-electron chi connectivity index (χ1n) is 12.6. The maximum absolute atomic E-state index is 12.8. The Morgan fingerprint density at radius 2 is 1.84 bits per heavy atom. The largest absolute Gasteiger partial charge is 0.480 e. The number of fused-ring (bicyclic) bond motifs is 1. The highest BCUT2D eigenvalue weighted by Crippen LogP contribution is 2.33. The van der Waals surface area contributed by atoms with Gasteiger partial charge < -0.3 is 15.8 Å². The molecule has 4 aromatic rings. The maximum atomic E-state index is 12.8. The normalized spacial score (nSPS) is 18.2. The molecule has 0 radical (unpaired) electrons. The Hall–Kier alpha value is -3.34. The van der Waals surface area contributed by atoms with Crippen molar-refractivity contribution >= 4 is 45.4 Å². The summed E-state index contributed by atoms with van der Waals surface area (Å²) in [4.78, 5) is 18.7. The molecule has 1 atom stereocenters. The number of halogens is 1. The molecule has 1 fully saturated rings. The quantitative estimate of drug-likeness (QED) is 0.275. The Labute approximate surface area is 229 Å². The van der Waals surface area contributed by atoms with Gasteiger partial charge in [0, 0.05) is 29.9 Å². The van der Waals surface area contributed by atoms with Crippen LogP contribution >= 0.6 is 11.6 Å². The van der Waals surface area contributed by atoms with Gasteiger partial charge in [-0.1, -0.05) is 30.7 Å². The number of methoxy groups -OCH3 is 1. The molecule has 0 aliphatic heterocycles. The summed E-state index contributed by atoms with van der Waals surface area (Å²) in [5.74, 6) is 1.17. The first-order valence-corrected chi connectivity index (χ1v) is 14.1. The number of nitrogens with zero attached hydrogens (tertiary/aromatic N) is 4. The highest BCUT2D eigenvalue weighted by molar-refractivity contribution is 7.86. The molecule has 0 bridgehead atoms. The van der Waals surface area contributed by atoms with E-state index >= 15 is 0 Å². The van der Waals surface area contributed by atoms with Gasteiger partial charge in [0.25, 0.3) is 0 Å². The topological polar surface area (TPSA) is 128 Å². The molecule has 1 aliphatic carbocycles. The van der Waals surface area contributed by atoms with E-state index < -0.39 is 11.0 Å². The van der Waals surface area contributed by atoms with Crippen LogP contribution in [-0.4, -0.2) is 43.3 Å². The molecule has 0 amide bonds. The van der Waals surface area contributed by atoms with Gasteiger partial charge >= 0.3 is 0 Å². The molecule has 11 heteroatoms. The number of hydrogen-bond acceptors (Lipinski definition) is 8. The second-order valence-corrected chi connectivity index (χ2v) is 10.9. The predicted octanol–water partition coefficient (Wildman–Crippen LogP) is 5.13. The lowest BCUT2D eigenvalue weighted by Gasteiger charge is -2.26. The van der Waals surface area contributed by atoms with Crippen LogP contribution in [0.3, 0.4) is 0 Å². The van der Waals surface area contributed by atoms with Crippen LogP contribution in [0.4, 0.5) is 11.9 Å². The molecule has 2 heterocycles. The van der Waals surface area contributed by atoms with Crippen molar-refractivity contribution in [1.82, 2.24) is 19.9 Å². The average Bonchev–Trinajstić information content (AvgIpc) is 2.93. The lowest BCUT2D eigenvalue weighted by molar-refractivity contribution is 0.399. The van der Waals surface area contributed by atoms with Crippen LogP contribution in [0.1, 0.15) is 38.2 Å². The SMILES string of the molecule is CCc1cc(-c2cnc(NS(=O)c3ccccc3Cl)nc2OC)cc2cnc(NC3CCC(N)CC3)nc12. The van der Waals surface area contributed by atoms with Gasteiger partial charge in [0.1, 0.15) is 0 Å². The number of rotatable bonds is 8. The molecular weight excluding hydrogens is 522 g/mol. The first-order chi connectivity index (χ1) is 18.4. The van der Waals surface area contributed by atoms with E-state index in [1.807, 2.05) is 12.3 Å². The maximum Gasteiger partial charge on any atom is 0.238 e. The summed E-state index contributed by atoms with van der Waals surface area (Å²) in [5, 5.41) is 4.80. The van der Waals surface area contributed by atoms with Crippen LogP contribution in [0, 0.1) is 0 Å². The van der Waals surface area contributed by atoms with Gasteiger partial charge in [0.2, 0.25) is 17.8 Å². The Balaban J connectivity index is 1.41. The van der Waals surface area contributed by atoms with Crippen LogP contribution < -0.4 is 20.5 Å². The predicted molar refractivity (Wildman–Crippen MR) is 152 cm³/mol. The highest BCUT2D eigenvalue weighted by atomic mass is 35.5. The second kappa shape index (κ2) is 11.6. The summed E-state index contributed by atoms with van der Waals surface area (Å²) in [5.41, 5.74) is 9.63. The molecule has 38 heavy (non-hydrogen) atoms. The molecule has 1 unspecified atom stereocenters. The summed E-state index contributed by atoms with van der Waals surface area (Å²) in [6, 6.07) is 11.6.